The van der Waals surface area contributed by atoms with Crippen LogP contribution in [0, 0.1) is 11.2 Å². The molecule has 0 nitrogen and oxygen atoms in total. The molecule has 0 aromatic heterocycles. The van der Waals surface area contributed by atoms with E-state index >= 15 is 0 Å². The summed E-state index contributed by atoms with van der Waals surface area (Å²) in [6.07, 6.45) is 4.81. The van der Waals surface area contributed by atoms with Crippen molar-refractivity contribution in [3.8, 4) is 11.2 Å². The molecule has 0 rings (SSSR count). The van der Waals surface area contributed by atoms with Crippen molar-refractivity contribution in [3.63, 3.8) is 0 Å². The zero-order valence-electron chi connectivity index (χ0n) is 4.89. The molecule has 0 unspecified atom stereocenters. The molecule has 0 bridgehead atoms. The van der Waals surface area contributed by atoms with Crippen molar-refractivity contribution >= 4 is 29.9 Å². The summed E-state index contributed by atoms with van der Waals surface area (Å²) >= 11 is 1.32. The number of rotatable bonds is 0. The summed E-state index contributed by atoms with van der Waals surface area (Å²) in [6.45, 7) is 0. The van der Waals surface area contributed by atoms with Gasteiger partial charge in [0.2, 0.25) is 0 Å². The second kappa shape index (κ2) is 16.0. The second-order valence-corrected chi connectivity index (χ2v) is 3.79. The van der Waals surface area contributed by atoms with E-state index in [1.807, 2.05) is 5.82 Å². The molecule has 0 saturated heterocycles. The molecule has 0 aliphatic carbocycles. The number of hydrogen-bond donors (Lipinski definition) is 0. The normalized spacial score (nSPS) is 5.43. The quantitative estimate of drug-likeness (QED) is 0.430. The van der Waals surface area contributed by atoms with E-state index in [0.29, 0.717) is 15.0 Å². The van der Waals surface area contributed by atoms with Crippen LogP contribution in [0.2, 0.25) is 17.5 Å². The summed E-state index contributed by atoms with van der Waals surface area (Å²) in [5.74, 6) is 6.38. The van der Waals surface area contributed by atoms with E-state index in [1.165, 1.54) is 0 Å². The van der Waals surface area contributed by atoms with Crippen LogP contribution in [0.25, 0.3) is 0 Å². The molecule has 0 radical (unpaired) electrons. The maximum absolute atomic E-state index is 4.81. The third kappa shape index (κ3) is 54.6. The fourth-order valence-corrected chi connectivity index (χ4v) is 0. The predicted molar refractivity (Wildman–Crippen MR) is 37.9 cm³/mol. The Kier molecular flexibility index (Phi) is 24.1. The molecule has 0 spiro atoms. The third-order valence-electron chi connectivity index (χ3n) is 0.118. The fourth-order valence-electron chi connectivity index (χ4n) is 0. The van der Waals surface area contributed by atoms with E-state index in [1.54, 1.807) is 0 Å². The molecule has 0 fully saturated rings. The van der Waals surface area contributed by atoms with Crippen LogP contribution in [-0.2, 0) is 0 Å². The van der Waals surface area contributed by atoms with Crippen LogP contribution < -0.4 is 0 Å². The van der Waals surface area contributed by atoms with Gasteiger partial charge in [-0.15, -0.1) is 0 Å². The van der Waals surface area contributed by atoms with Gasteiger partial charge < -0.3 is 0 Å². The van der Waals surface area contributed by atoms with Gasteiger partial charge in [-0.25, -0.2) is 0 Å². The van der Waals surface area contributed by atoms with Crippen molar-refractivity contribution in [2.45, 2.75) is 17.5 Å². The Morgan fingerprint density at radius 2 is 1.43 bits per heavy atom. The Hall–Kier alpha value is 0.599. The molecule has 0 heterocycles. The number of hydrogen-bond acceptors (Lipinski definition) is 0. The van der Waals surface area contributed by atoms with Crippen molar-refractivity contribution in [1.29, 1.82) is 0 Å². The Morgan fingerprint density at radius 1 is 1.29 bits per heavy atom. The van der Waals surface area contributed by atoms with Crippen LogP contribution in [0.4, 0.5) is 0 Å². The molecular weight excluding hydrogens is 218 g/mol. The summed E-state index contributed by atoms with van der Waals surface area (Å²) in [4.78, 5) is 2.49. The van der Waals surface area contributed by atoms with E-state index in [0.717, 1.165) is 15.0 Å². The van der Waals surface area contributed by atoms with E-state index in [-0.39, 0.29) is 0 Å². The summed E-state index contributed by atoms with van der Waals surface area (Å²) in [6, 6.07) is 0. The standard InChI is InChI=1S/C3H4Se.C2H6Se/c1-3-4-2;1-3-2/h1H,2H3;1-2H3. The van der Waals surface area contributed by atoms with Gasteiger partial charge in [0, 0.05) is 0 Å². The van der Waals surface area contributed by atoms with Crippen LogP contribution >= 0.6 is 0 Å². The average Bonchev–Trinajstić information content (AvgIpc) is 1.69. The molecule has 0 aliphatic heterocycles. The Labute approximate surface area is 58.8 Å². The van der Waals surface area contributed by atoms with Gasteiger partial charge in [0.1, 0.15) is 0 Å². The van der Waals surface area contributed by atoms with Crippen LogP contribution in [-0.4, -0.2) is 29.9 Å². The molecule has 0 N–H and O–H groups in total. The van der Waals surface area contributed by atoms with Crippen molar-refractivity contribution in [3.05, 3.63) is 0 Å². The molecule has 7 heavy (non-hydrogen) atoms. The summed E-state index contributed by atoms with van der Waals surface area (Å²) in [5, 5.41) is 0. The maximum atomic E-state index is 4.81. The summed E-state index contributed by atoms with van der Waals surface area (Å²) in [7, 11) is 0. The van der Waals surface area contributed by atoms with Crippen LogP contribution in [0.5, 0.6) is 0 Å². The Morgan fingerprint density at radius 3 is 1.43 bits per heavy atom. The molecule has 0 aliphatic rings. The molecule has 42 valence electrons. The van der Waals surface area contributed by atoms with Gasteiger partial charge in [-0.1, -0.05) is 0 Å². The molecule has 0 amide bonds. The van der Waals surface area contributed by atoms with Gasteiger partial charge in [-0.3, -0.25) is 0 Å². The Balaban J connectivity index is 0. The van der Waals surface area contributed by atoms with Crippen molar-refractivity contribution < 1.29 is 0 Å². The first kappa shape index (κ1) is 10.6. The van der Waals surface area contributed by atoms with Crippen LogP contribution in [0.1, 0.15) is 0 Å². The molecule has 0 aromatic rings. The average molecular weight is 228 g/mol. The molecular formula is C5H10Se2. The summed E-state index contributed by atoms with van der Waals surface area (Å²) in [5.41, 5.74) is 0. The zero-order chi connectivity index (χ0) is 6.12. The van der Waals surface area contributed by atoms with E-state index in [2.05, 4.69) is 16.5 Å². The van der Waals surface area contributed by atoms with Gasteiger partial charge in [-0.05, 0) is 0 Å². The summed E-state index contributed by atoms with van der Waals surface area (Å²) < 4.78 is 0. The van der Waals surface area contributed by atoms with Gasteiger partial charge >= 0.3 is 58.6 Å². The first-order chi connectivity index (χ1) is 3.33. The number of terminal acetylenes is 1. The molecule has 0 aromatic carbocycles. The van der Waals surface area contributed by atoms with E-state index < -0.39 is 0 Å². The predicted octanol–water partition coefficient (Wildman–Crippen LogP) is 1.12. The monoisotopic (exact) mass is 230 g/mol. The molecule has 2 heteroatoms. The topological polar surface area (TPSA) is 0 Å². The van der Waals surface area contributed by atoms with Gasteiger partial charge in [0.25, 0.3) is 0 Å². The van der Waals surface area contributed by atoms with Gasteiger partial charge in [0.15, 0.2) is 0 Å². The first-order valence-corrected chi connectivity index (χ1v) is 7.71. The van der Waals surface area contributed by atoms with Crippen molar-refractivity contribution in [1.82, 2.24) is 0 Å². The van der Waals surface area contributed by atoms with Gasteiger partial charge in [0.05, 0.1) is 0 Å². The third-order valence-corrected chi connectivity index (χ3v) is 0.612. The van der Waals surface area contributed by atoms with Crippen molar-refractivity contribution in [2.24, 2.45) is 0 Å². The van der Waals surface area contributed by atoms with Crippen LogP contribution in [0.3, 0.4) is 0 Å². The van der Waals surface area contributed by atoms with E-state index in [4.69, 9.17) is 6.42 Å². The van der Waals surface area contributed by atoms with E-state index in [9.17, 15) is 0 Å². The molecule has 0 atom stereocenters. The van der Waals surface area contributed by atoms with Crippen LogP contribution in [0.15, 0.2) is 0 Å². The SMILES string of the molecule is C#C[Se]C.C[Se]C. The zero-order valence-corrected chi connectivity index (χ0v) is 8.32. The minimum absolute atomic E-state index is 0.444. The molecule has 0 saturated carbocycles. The minimum atomic E-state index is 0.444. The first-order valence-electron chi connectivity index (χ1n) is 1.72. The Bertz CT molecular complexity index is 44.5. The fraction of sp³-hybridized carbons (Fsp3) is 0.600. The van der Waals surface area contributed by atoms with Gasteiger partial charge in [-0.2, -0.15) is 0 Å². The second-order valence-electron chi connectivity index (χ2n) is 0.730. The van der Waals surface area contributed by atoms with Crippen molar-refractivity contribution in [2.75, 3.05) is 0 Å².